The lowest BCUT2D eigenvalue weighted by molar-refractivity contribution is 0.322. The zero-order chi connectivity index (χ0) is 9.90. The highest BCUT2D eigenvalue weighted by Gasteiger charge is 2.17. The van der Waals surface area contributed by atoms with E-state index in [0.717, 1.165) is 5.82 Å². The van der Waals surface area contributed by atoms with Gasteiger partial charge in [-0.3, -0.25) is 0 Å². The lowest BCUT2D eigenvalue weighted by Gasteiger charge is -2.16. The molecule has 1 rings (SSSR count). The van der Waals surface area contributed by atoms with Gasteiger partial charge in [0.25, 0.3) is 0 Å². The molecule has 0 radical (unpaired) electrons. The van der Waals surface area contributed by atoms with E-state index in [-0.39, 0.29) is 5.41 Å². The average molecular weight is 180 g/mol. The number of ether oxygens (including phenoxy) is 1. The maximum absolute atomic E-state index is 5.29. The van der Waals surface area contributed by atoms with Crippen LogP contribution in [0.4, 0.5) is 0 Å². The van der Waals surface area contributed by atoms with Crippen LogP contribution in [0.1, 0.15) is 33.5 Å². The zero-order valence-electron chi connectivity index (χ0n) is 8.66. The van der Waals surface area contributed by atoms with Crippen LogP contribution in [0.2, 0.25) is 0 Å². The Labute approximate surface area is 79.2 Å². The SMILES string of the molecule is CCOc1ccnc(C(C)(C)C)n1. The minimum Gasteiger partial charge on any atom is -0.478 e. The van der Waals surface area contributed by atoms with Crippen molar-refractivity contribution in [1.82, 2.24) is 9.97 Å². The van der Waals surface area contributed by atoms with E-state index in [9.17, 15) is 0 Å². The first-order valence-electron chi connectivity index (χ1n) is 4.50. The molecule has 0 saturated heterocycles. The van der Waals surface area contributed by atoms with Crippen molar-refractivity contribution in [3.8, 4) is 5.88 Å². The first-order chi connectivity index (χ1) is 6.04. The molecule has 1 aromatic heterocycles. The number of rotatable bonds is 2. The van der Waals surface area contributed by atoms with Gasteiger partial charge >= 0.3 is 0 Å². The van der Waals surface area contributed by atoms with E-state index in [0.29, 0.717) is 12.5 Å². The Balaban J connectivity index is 2.92. The van der Waals surface area contributed by atoms with Gasteiger partial charge in [-0.2, -0.15) is 4.98 Å². The molecule has 0 spiro atoms. The van der Waals surface area contributed by atoms with Crippen LogP contribution >= 0.6 is 0 Å². The molecule has 0 saturated carbocycles. The molecule has 13 heavy (non-hydrogen) atoms. The maximum Gasteiger partial charge on any atom is 0.216 e. The van der Waals surface area contributed by atoms with Crippen LogP contribution in [-0.2, 0) is 5.41 Å². The molecular formula is C10H16N2O. The predicted molar refractivity (Wildman–Crippen MR) is 51.9 cm³/mol. The topological polar surface area (TPSA) is 35.0 Å². The van der Waals surface area contributed by atoms with E-state index in [1.165, 1.54) is 0 Å². The van der Waals surface area contributed by atoms with E-state index in [2.05, 4.69) is 30.7 Å². The van der Waals surface area contributed by atoms with Crippen LogP contribution in [0.25, 0.3) is 0 Å². The van der Waals surface area contributed by atoms with E-state index in [4.69, 9.17) is 4.74 Å². The van der Waals surface area contributed by atoms with Crippen LogP contribution in [0.3, 0.4) is 0 Å². The van der Waals surface area contributed by atoms with Crippen molar-refractivity contribution in [2.24, 2.45) is 0 Å². The molecule has 1 heterocycles. The fraction of sp³-hybridized carbons (Fsp3) is 0.600. The van der Waals surface area contributed by atoms with Crippen molar-refractivity contribution in [1.29, 1.82) is 0 Å². The summed E-state index contributed by atoms with van der Waals surface area (Å²) in [7, 11) is 0. The van der Waals surface area contributed by atoms with E-state index in [1.54, 1.807) is 12.3 Å². The number of nitrogens with zero attached hydrogens (tertiary/aromatic N) is 2. The fourth-order valence-electron chi connectivity index (χ4n) is 0.932. The molecule has 0 atom stereocenters. The smallest absolute Gasteiger partial charge is 0.216 e. The highest BCUT2D eigenvalue weighted by Crippen LogP contribution is 2.19. The van der Waals surface area contributed by atoms with Gasteiger partial charge in [0.05, 0.1) is 6.61 Å². The molecule has 3 heteroatoms. The summed E-state index contributed by atoms with van der Waals surface area (Å²) in [6.07, 6.45) is 1.73. The Morgan fingerprint density at radius 3 is 2.62 bits per heavy atom. The monoisotopic (exact) mass is 180 g/mol. The minimum atomic E-state index is -0.0207. The lowest BCUT2D eigenvalue weighted by Crippen LogP contribution is -2.16. The van der Waals surface area contributed by atoms with Crippen molar-refractivity contribution in [3.63, 3.8) is 0 Å². The first-order valence-corrected chi connectivity index (χ1v) is 4.50. The standard InChI is InChI=1S/C10H16N2O/c1-5-13-8-6-7-11-9(12-8)10(2,3)4/h6-7H,5H2,1-4H3. The third-order valence-electron chi connectivity index (χ3n) is 1.59. The quantitative estimate of drug-likeness (QED) is 0.699. The Hall–Kier alpha value is -1.12. The summed E-state index contributed by atoms with van der Waals surface area (Å²) in [5, 5.41) is 0. The maximum atomic E-state index is 5.29. The van der Waals surface area contributed by atoms with Crippen LogP contribution in [0.15, 0.2) is 12.3 Å². The number of hydrogen-bond donors (Lipinski definition) is 0. The van der Waals surface area contributed by atoms with E-state index in [1.807, 2.05) is 6.92 Å². The van der Waals surface area contributed by atoms with Gasteiger partial charge in [0, 0.05) is 17.7 Å². The molecular weight excluding hydrogens is 164 g/mol. The lowest BCUT2D eigenvalue weighted by atomic mass is 9.96. The highest BCUT2D eigenvalue weighted by molar-refractivity contribution is 5.12. The van der Waals surface area contributed by atoms with Gasteiger partial charge in [-0.15, -0.1) is 0 Å². The van der Waals surface area contributed by atoms with Gasteiger partial charge in [0.1, 0.15) is 5.82 Å². The zero-order valence-corrected chi connectivity index (χ0v) is 8.66. The van der Waals surface area contributed by atoms with Crippen molar-refractivity contribution >= 4 is 0 Å². The van der Waals surface area contributed by atoms with Gasteiger partial charge < -0.3 is 4.74 Å². The summed E-state index contributed by atoms with van der Waals surface area (Å²) in [5.41, 5.74) is -0.0207. The molecule has 0 N–H and O–H groups in total. The second kappa shape index (κ2) is 3.73. The molecule has 0 aliphatic carbocycles. The van der Waals surface area contributed by atoms with E-state index >= 15 is 0 Å². The normalized spacial score (nSPS) is 11.4. The van der Waals surface area contributed by atoms with Gasteiger partial charge in [0.15, 0.2) is 0 Å². The third-order valence-corrected chi connectivity index (χ3v) is 1.59. The number of aromatic nitrogens is 2. The van der Waals surface area contributed by atoms with Crippen molar-refractivity contribution < 1.29 is 4.74 Å². The van der Waals surface area contributed by atoms with Gasteiger partial charge in [-0.25, -0.2) is 4.98 Å². The molecule has 0 bridgehead atoms. The van der Waals surface area contributed by atoms with Gasteiger partial charge in [-0.1, -0.05) is 20.8 Å². The molecule has 0 aliphatic heterocycles. The van der Waals surface area contributed by atoms with Crippen LogP contribution in [0, 0.1) is 0 Å². The third kappa shape index (κ3) is 2.68. The van der Waals surface area contributed by atoms with E-state index < -0.39 is 0 Å². The van der Waals surface area contributed by atoms with Crippen LogP contribution in [0.5, 0.6) is 5.88 Å². The van der Waals surface area contributed by atoms with Crippen molar-refractivity contribution in [2.45, 2.75) is 33.1 Å². The largest absolute Gasteiger partial charge is 0.478 e. The van der Waals surface area contributed by atoms with Crippen molar-refractivity contribution in [3.05, 3.63) is 18.1 Å². The molecule has 3 nitrogen and oxygen atoms in total. The van der Waals surface area contributed by atoms with Gasteiger partial charge in [0.2, 0.25) is 5.88 Å². The molecule has 72 valence electrons. The average Bonchev–Trinajstić information content (AvgIpc) is 2.04. The summed E-state index contributed by atoms with van der Waals surface area (Å²) >= 11 is 0. The summed E-state index contributed by atoms with van der Waals surface area (Å²) < 4.78 is 5.29. The van der Waals surface area contributed by atoms with Crippen LogP contribution in [-0.4, -0.2) is 16.6 Å². The molecule has 0 fully saturated rings. The molecule has 1 aromatic rings. The minimum absolute atomic E-state index is 0.0207. The highest BCUT2D eigenvalue weighted by atomic mass is 16.5. The Kier molecular flexibility index (Phi) is 2.86. The Bertz CT molecular complexity index is 278. The Morgan fingerprint density at radius 1 is 1.38 bits per heavy atom. The summed E-state index contributed by atoms with van der Waals surface area (Å²) in [6, 6.07) is 1.78. The van der Waals surface area contributed by atoms with Gasteiger partial charge in [-0.05, 0) is 6.92 Å². The first kappa shape index (κ1) is 9.96. The molecule has 0 aromatic carbocycles. The molecule has 0 unspecified atom stereocenters. The van der Waals surface area contributed by atoms with Crippen molar-refractivity contribution in [2.75, 3.05) is 6.61 Å². The molecule has 0 aliphatic rings. The number of hydrogen-bond acceptors (Lipinski definition) is 3. The summed E-state index contributed by atoms with van der Waals surface area (Å²) in [4.78, 5) is 8.50. The fourth-order valence-corrected chi connectivity index (χ4v) is 0.932. The molecule has 0 amide bonds. The van der Waals surface area contributed by atoms with Crippen LogP contribution < -0.4 is 4.74 Å². The second-order valence-corrected chi connectivity index (χ2v) is 3.90. The Morgan fingerprint density at radius 2 is 2.08 bits per heavy atom. The predicted octanol–water partition coefficient (Wildman–Crippen LogP) is 2.17. The summed E-state index contributed by atoms with van der Waals surface area (Å²) in [5.74, 6) is 1.47. The second-order valence-electron chi connectivity index (χ2n) is 3.90. The summed E-state index contributed by atoms with van der Waals surface area (Å²) in [6.45, 7) is 8.83.